The molecule has 152 valence electrons. The zero-order valence-electron chi connectivity index (χ0n) is 16.4. The Morgan fingerprint density at radius 2 is 1.76 bits per heavy atom. The minimum atomic E-state index is -3.69. The number of amides is 1. The lowest BCUT2D eigenvalue weighted by Crippen LogP contribution is -2.23. The molecule has 0 aliphatic rings. The van der Waals surface area contributed by atoms with E-state index in [9.17, 15) is 13.2 Å². The monoisotopic (exact) mass is 493 g/mol. The summed E-state index contributed by atoms with van der Waals surface area (Å²) in [6, 6.07) is 12.5. The van der Waals surface area contributed by atoms with Gasteiger partial charge in [-0.25, -0.2) is 17.7 Å². The van der Waals surface area contributed by atoms with Crippen LogP contribution >= 0.6 is 27.3 Å². The molecule has 0 saturated heterocycles. The van der Waals surface area contributed by atoms with Crippen molar-refractivity contribution in [1.29, 1.82) is 0 Å². The fourth-order valence-electron chi connectivity index (χ4n) is 2.64. The zero-order chi connectivity index (χ0) is 21.3. The number of hydrogen-bond donors (Lipinski definition) is 1. The lowest BCUT2D eigenvalue weighted by Gasteiger charge is -2.13. The Morgan fingerprint density at radius 3 is 2.38 bits per heavy atom. The van der Waals surface area contributed by atoms with E-state index in [4.69, 9.17) is 0 Å². The summed E-state index contributed by atoms with van der Waals surface area (Å²) < 4.78 is 26.4. The van der Waals surface area contributed by atoms with Gasteiger partial charge in [0, 0.05) is 34.6 Å². The molecular weight excluding hydrogens is 474 g/mol. The van der Waals surface area contributed by atoms with Crippen LogP contribution in [0.4, 0.5) is 5.13 Å². The second-order valence-corrected chi connectivity index (χ2v) is 10.9. The largest absolute Gasteiger partial charge is 0.298 e. The average Bonchev–Trinajstić information content (AvgIpc) is 3.02. The number of hydrogen-bond acceptors (Lipinski definition) is 5. The number of anilines is 1. The van der Waals surface area contributed by atoms with Crippen molar-refractivity contribution in [3.63, 3.8) is 0 Å². The summed E-state index contributed by atoms with van der Waals surface area (Å²) >= 11 is 4.62. The number of carbonyl (C=O) groups excluding carboxylic acids is 1. The van der Waals surface area contributed by atoms with Crippen molar-refractivity contribution in [1.82, 2.24) is 9.29 Å². The molecule has 0 bridgehead atoms. The molecule has 0 unspecified atom stereocenters. The molecule has 3 rings (SSSR count). The third-order valence-electron chi connectivity index (χ3n) is 4.29. The summed E-state index contributed by atoms with van der Waals surface area (Å²) in [4.78, 5) is 18.3. The normalized spacial score (nSPS) is 11.7. The van der Waals surface area contributed by atoms with Crippen molar-refractivity contribution < 1.29 is 13.2 Å². The van der Waals surface area contributed by atoms with E-state index >= 15 is 0 Å². The van der Waals surface area contributed by atoms with E-state index in [0.29, 0.717) is 9.60 Å². The molecule has 0 radical (unpaired) electrons. The van der Waals surface area contributed by atoms with Crippen LogP contribution in [-0.4, -0.2) is 37.7 Å². The molecule has 29 heavy (non-hydrogen) atoms. The lowest BCUT2D eigenvalue weighted by atomic mass is 10.1. The average molecular weight is 494 g/mol. The quantitative estimate of drug-likeness (QED) is 0.558. The third kappa shape index (κ3) is 4.58. The van der Waals surface area contributed by atoms with Crippen LogP contribution in [0.1, 0.15) is 20.8 Å². The van der Waals surface area contributed by atoms with E-state index in [1.54, 1.807) is 12.1 Å². The molecule has 3 aromatic rings. The van der Waals surface area contributed by atoms with Gasteiger partial charge < -0.3 is 0 Å². The van der Waals surface area contributed by atoms with Gasteiger partial charge in [0.2, 0.25) is 10.0 Å². The SMILES string of the molecule is Cc1ccc(-c2nc(NC(=O)c3ccc(Br)c(S(=O)(=O)N(C)C)c3)sc2C)cc1. The first-order valence-electron chi connectivity index (χ1n) is 8.67. The highest BCUT2D eigenvalue weighted by Gasteiger charge is 2.22. The van der Waals surface area contributed by atoms with Crippen molar-refractivity contribution in [2.45, 2.75) is 18.7 Å². The van der Waals surface area contributed by atoms with E-state index in [0.717, 1.165) is 26.0 Å². The standard InChI is InChI=1S/C20H20BrN3O3S2/c1-12-5-7-14(8-6-12)18-13(2)28-20(22-18)23-19(25)15-9-10-16(21)17(11-15)29(26,27)24(3)4/h5-11H,1-4H3,(H,22,23,25). The van der Waals surface area contributed by atoms with Crippen LogP contribution in [0.3, 0.4) is 0 Å². The first kappa shape index (κ1) is 21.6. The van der Waals surface area contributed by atoms with E-state index in [1.165, 1.54) is 31.5 Å². The Hall–Kier alpha value is -2.07. The third-order valence-corrected chi connectivity index (χ3v) is 7.99. The smallest absolute Gasteiger partial charge is 0.257 e. The highest BCUT2D eigenvalue weighted by Crippen LogP contribution is 2.31. The first-order chi connectivity index (χ1) is 13.6. The Morgan fingerprint density at radius 1 is 1.10 bits per heavy atom. The molecule has 0 spiro atoms. The number of benzene rings is 2. The number of nitrogens with one attached hydrogen (secondary N) is 1. The summed E-state index contributed by atoms with van der Waals surface area (Å²) in [6.45, 7) is 3.97. The molecule has 0 saturated carbocycles. The van der Waals surface area contributed by atoms with Gasteiger partial charge in [-0.3, -0.25) is 10.1 Å². The summed E-state index contributed by atoms with van der Waals surface area (Å²) in [5.41, 5.74) is 3.19. The second-order valence-electron chi connectivity index (χ2n) is 6.68. The van der Waals surface area contributed by atoms with Gasteiger partial charge in [0.15, 0.2) is 5.13 Å². The number of aryl methyl sites for hydroxylation is 2. The van der Waals surface area contributed by atoms with Crippen LogP contribution in [-0.2, 0) is 10.0 Å². The molecule has 0 atom stereocenters. The molecule has 1 N–H and O–H groups in total. The van der Waals surface area contributed by atoms with Crippen LogP contribution < -0.4 is 5.32 Å². The highest BCUT2D eigenvalue weighted by atomic mass is 79.9. The molecule has 9 heteroatoms. The van der Waals surface area contributed by atoms with Gasteiger partial charge >= 0.3 is 0 Å². The van der Waals surface area contributed by atoms with E-state index in [-0.39, 0.29) is 10.5 Å². The fourth-order valence-corrected chi connectivity index (χ4v) is 5.31. The van der Waals surface area contributed by atoms with Crippen LogP contribution in [0.25, 0.3) is 11.3 Å². The number of sulfonamides is 1. The van der Waals surface area contributed by atoms with E-state index in [1.807, 2.05) is 38.1 Å². The number of rotatable bonds is 5. The molecule has 1 aromatic heterocycles. The minimum Gasteiger partial charge on any atom is -0.298 e. The number of halogens is 1. The predicted octanol–water partition coefficient (Wildman–Crippen LogP) is 4.69. The minimum absolute atomic E-state index is 0.0332. The number of carbonyl (C=O) groups is 1. The van der Waals surface area contributed by atoms with Crippen LogP contribution in [0.2, 0.25) is 0 Å². The van der Waals surface area contributed by atoms with Crippen molar-refractivity contribution in [2.75, 3.05) is 19.4 Å². The van der Waals surface area contributed by atoms with Gasteiger partial charge in [-0.1, -0.05) is 29.8 Å². The van der Waals surface area contributed by atoms with Crippen LogP contribution in [0.5, 0.6) is 0 Å². The lowest BCUT2D eigenvalue weighted by molar-refractivity contribution is 0.102. The van der Waals surface area contributed by atoms with Gasteiger partial charge in [-0.05, 0) is 48.0 Å². The van der Waals surface area contributed by atoms with Gasteiger partial charge in [0.25, 0.3) is 5.91 Å². The highest BCUT2D eigenvalue weighted by molar-refractivity contribution is 9.10. The van der Waals surface area contributed by atoms with Crippen molar-refractivity contribution >= 4 is 48.3 Å². The van der Waals surface area contributed by atoms with E-state index < -0.39 is 15.9 Å². The Bertz CT molecular complexity index is 1170. The molecule has 0 aliphatic heterocycles. The van der Waals surface area contributed by atoms with Crippen molar-refractivity contribution in [3.8, 4) is 11.3 Å². The fraction of sp³-hybridized carbons (Fsp3) is 0.200. The Balaban J connectivity index is 1.88. The second kappa shape index (κ2) is 8.35. The molecule has 0 aliphatic carbocycles. The number of aromatic nitrogens is 1. The summed E-state index contributed by atoms with van der Waals surface area (Å²) in [5.74, 6) is -0.420. The molecule has 1 amide bonds. The number of nitrogens with zero attached hydrogens (tertiary/aromatic N) is 2. The predicted molar refractivity (Wildman–Crippen MR) is 120 cm³/mol. The van der Waals surface area contributed by atoms with Crippen molar-refractivity contribution in [2.24, 2.45) is 0 Å². The molecule has 1 heterocycles. The molecule has 6 nitrogen and oxygen atoms in total. The molecule has 2 aromatic carbocycles. The molecular formula is C20H20BrN3O3S2. The summed E-state index contributed by atoms with van der Waals surface area (Å²) in [5, 5.41) is 3.23. The zero-order valence-corrected chi connectivity index (χ0v) is 19.6. The first-order valence-corrected chi connectivity index (χ1v) is 11.7. The van der Waals surface area contributed by atoms with Crippen molar-refractivity contribution in [3.05, 3.63) is 62.9 Å². The maximum Gasteiger partial charge on any atom is 0.257 e. The van der Waals surface area contributed by atoms with Crippen LogP contribution in [0, 0.1) is 13.8 Å². The molecule has 0 fully saturated rings. The Kier molecular flexibility index (Phi) is 6.23. The topological polar surface area (TPSA) is 79.4 Å². The van der Waals surface area contributed by atoms with Gasteiger partial charge in [-0.2, -0.15) is 0 Å². The van der Waals surface area contributed by atoms with Crippen LogP contribution in [0.15, 0.2) is 51.8 Å². The summed E-state index contributed by atoms with van der Waals surface area (Å²) in [7, 11) is -0.797. The number of thiazole rings is 1. The van der Waals surface area contributed by atoms with Gasteiger partial charge in [-0.15, -0.1) is 11.3 Å². The maximum absolute atomic E-state index is 12.7. The maximum atomic E-state index is 12.7. The van der Waals surface area contributed by atoms with E-state index in [2.05, 4.69) is 26.2 Å². The van der Waals surface area contributed by atoms with Gasteiger partial charge in [0.1, 0.15) is 0 Å². The Labute approximate surface area is 182 Å². The van der Waals surface area contributed by atoms with Gasteiger partial charge in [0.05, 0.1) is 10.6 Å². The summed E-state index contributed by atoms with van der Waals surface area (Å²) in [6.07, 6.45) is 0.